The highest BCUT2D eigenvalue weighted by molar-refractivity contribution is 5.78. The van der Waals surface area contributed by atoms with Crippen LogP contribution in [0.1, 0.15) is 49.8 Å². The number of hydrogen-bond acceptors (Lipinski definition) is 2. The van der Waals surface area contributed by atoms with Gasteiger partial charge in [0.25, 0.3) is 0 Å². The van der Waals surface area contributed by atoms with Gasteiger partial charge in [0.1, 0.15) is 5.78 Å². The summed E-state index contributed by atoms with van der Waals surface area (Å²) < 4.78 is 0. The number of rotatable bonds is 8. The van der Waals surface area contributed by atoms with E-state index in [1.54, 1.807) is 0 Å². The van der Waals surface area contributed by atoms with Gasteiger partial charge in [-0.25, -0.2) is 0 Å². The smallest absolute Gasteiger partial charge is 0.132 e. The number of aliphatic hydroxyl groups is 1. The number of Topliss-reactive ketones (excluding diaryl/α,β-unsaturated/α-hetero) is 1. The van der Waals surface area contributed by atoms with Crippen LogP contribution in [-0.2, 0) is 4.79 Å². The predicted octanol–water partition coefficient (Wildman–Crippen LogP) is 4.95. The quantitative estimate of drug-likeness (QED) is 0.749. The Morgan fingerprint density at radius 1 is 1.00 bits per heavy atom. The van der Waals surface area contributed by atoms with Crippen molar-refractivity contribution >= 4 is 11.9 Å². The molecule has 0 fully saturated rings. The van der Waals surface area contributed by atoms with Gasteiger partial charge < -0.3 is 5.11 Å². The van der Waals surface area contributed by atoms with Crippen LogP contribution in [0.5, 0.6) is 0 Å². The third-order valence-electron chi connectivity index (χ3n) is 3.93. The van der Waals surface area contributed by atoms with Crippen molar-refractivity contribution in [1.29, 1.82) is 0 Å². The number of ketones is 1. The Kier molecular flexibility index (Phi) is 6.76. The lowest BCUT2D eigenvalue weighted by Crippen LogP contribution is -2.02. The molecule has 0 saturated carbocycles. The highest BCUT2D eigenvalue weighted by atomic mass is 16.3. The predicted molar refractivity (Wildman–Crippen MR) is 95.0 cm³/mol. The van der Waals surface area contributed by atoms with E-state index in [9.17, 15) is 9.90 Å². The lowest BCUT2D eigenvalue weighted by atomic mass is 9.95. The van der Waals surface area contributed by atoms with Gasteiger partial charge in [0.05, 0.1) is 6.10 Å². The lowest BCUT2D eigenvalue weighted by Gasteiger charge is -2.14. The molecule has 0 amide bonds. The summed E-state index contributed by atoms with van der Waals surface area (Å²) in [5.74, 6) is 0.262. The van der Waals surface area contributed by atoms with E-state index in [1.165, 1.54) is 0 Å². The van der Waals surface area contributed by atoms with E-state index in [0.29, 0.717) is 25.7 Å². The second kappa shape index (κ2) is 9.06. The molecule has 2 aromatic carbocycles. The molecule has 0 aliphatic rings. The number of carbonyl (C=O) groups excluding carboxylic acids is 1. The fraction of sp³-hybridized carbons (Fsp3) is 0.286. The van der Waals surface area contributed by atoms with E-state index in [2.05, 4.69) is 6.08 Å². The van der Waals surface area contributed by atoms with Crippen molar-refractivity contribution in [2.45, 2.75) is 38.7 Å². The highest BCUT2D eigenvalue weighted by Crippen LogP contribution is 2.25. The van der Waals surface area contributed by atoms with Gasteiger partial charge >= 0.3 is 0 Å². The number of benzene rings is 2. The van der Waals surface area contributed by atoms with Crippen molar-refractivity contribution in [3.8, 4) is 0 Å². The van der Waals surface area contributed by atoms with Crippen LogP contribution in [0.3, 0.4) is 0 Å². The SMILES string of the molecule is CCC(=O)CC/C(=C\c1ccccc1)CC(O)c1ccccc1. The summed E-state index contributed by atoms with van der Waals surface area (Å²) in [6, 6.07) is 19.7. The molecule has 1 unspecified atom stereocenters. The largest absolute Gasteiger partial charge is 0.388 e. The van der Waals surface area contributed by atoms with Gasteiger partial charge in [0.2, 0.25) is 0 Å². The van der Waals surface area contributed by atoms with E-state index in [-0.39, 0.29) is 5.78 Å². The third kappa shape index (κ3) is 5.84. The molecule has 1 N–H and O–H groups in total. The van der Waals surface area contributed by atoms with Crippen LogP contribution in [0.25, 0.3) is 6.08 Å². The van der Waals surface area contributed by atoms with Crippen LogP contribution >= 0.6 is 0 Å². The second-order valence-corrected chi connectivity index (χ2v) is 5.74. The van der Waals surface area contributed by atoms with Gasteiger partial charge in [0.15, 0.2) is 0 Å². The molecular formula is C21H24O2. The summed E-state index contributed by atoms with van der Waals surface area (Å²) in [6.45, 7) is 1.89. The average Bonchev–Trinajstić information content (AvgIpc) is 2.61. The molecule has 23 heavy (non-hydrogen) atoms. The first-order valence-corrected chi connectivity index (χ1v) is 8.18. The van der Waals surface area contributed by atoms with Crippen LogP contribution in [0.4, 0.5) is 0 Å². The van der Waals surface area contributed by atoms with Gasteiger partial charge in [-0.3, -0.25) is 4.79 Å². The topological polar surface area (TPSA) is 37.3 Å². The van der Waals surface area contributed by atoms with Crippen molar-refractivity contribution in [3.63, 3.8) is 0 Å². The Labute approximate surface area is 138 Å². The van der Waals surface area contributed by atoms with E-state index in [0.717, 1.165) is 16.7 Å². The Bertz CT molecular complexity index is 629. The minimum absolute atomic E-state index is 0.262. The van der Waals surface area contributed by atoms with Crippen molar-refractivity contribution in [1.82, 2.24) is 0 Å². The summed E-state index contributed by atoms with van der Waals surface area (Å²) in [5, 5.41) is 10.5. The minimum Gasteiger partial charge on any atom is -0.388 e. The molecule has 2 nitrogen and oxygen atoms in total. The van der Waals surface area contributed by atoms with Gasteiger partial charge in [0, 0.05) is 12.8 Å². The Morgan fingerprint density at radius 3 is 2.22 bits per heavy atom. The maximum atomic E-state index is 11.6. The van der Waals surface area contributed by atoms with Crippen LogP contribution < -0.4 is 0 Å². The zero-order valence-electron chi connectivity index (χ0n) is 13.6. The standard InChI is InChI=1S/C21H24O2/c1-2-20(22)14-13-18(15-17-9-5-3-6-10-17)16-21(23)19-11-7-4-8-12-19/h3-12,15,21,23H,2,13-14,16H2,1H3/b18-15+. The molecule has 0 aromatic heterocycles. The zero-order chi connectivity index (χ0) is 16.5. The highest BCUT2D eigenvalue weighted by Gasteiger charge is 2.11. The van der Waals surface area contributed by atoms with Gasteiger partial charge in [-0.1, -0.05) is 79.2 Å². The van der Waals surface area contributed by atoms with E-state index in [4.69, 9.17) is 0 Å². The Morgan fingerprint density at radius 2 is 1.61 bits per heavy atom. The van der Waals surface area contributed by atoms with Crippen molar-refractivity contribution in [2.24, 2.45) is 0 Å². The third-order valence-corrected chi connectivity index (χ3v) is 3.93. The molecule has 1 atom stereocenters. The molecule has 0 spiro atoms. The molecule has 0 radical (unpaired) electrons. The molecule has 120 valence electrons. The Hall–Kier alpha value is -2.19. The molecule has 0 heterocycles. The number of carbonyl (C=O) groups is 1. The van der Waals surface area contributed by atoms with E-state index in [1.807, 2.05) is 67.6 Å². The summed E-state index contributed by atoms with van der Waals surface area (Å²) in [6.07, 6.45) is 3.91. The first-order chi connectivity index (χ1) is 11.2. The van der Waals surface area contributed by atoms with E-state index < -0.39 is 6.10 Å². The first-order valence-electron chi connectivity index (χ1n) is 8.18. The lowest BCUT2D eigenvalue weighted by molar-refractivity contribution is -0.118. The monoisotopic (exact) mass is 308 g/mol. The van der Waals surface area contributed by atoms with Crippen molar-refractivity contribution < 1.29 is 9.90 Å². The fourth-order valence-electron chi connectivity index (χ4n) is 2.54. The molecule has 0 bridgehead atoms. The summed E-state index contributed by atoms with van der Waals surface area (Å²) in [7, 11) is 0. The molecule has 2 aromatic rings. The molecule has 0 saturated heterocycles. The second-order valence-electron chi connectivity index (χ2n) is 5.74. The fourth-order valence-corrected chi connectivity index (χ4v) is 2.54. The maximum absolute atomic E-state index is 11.6. The molecule has 0 aliphatic carbocycles. The van der Waals surface area contributed by atoms with Crippen molar-refractivity contribution in [3.05, 3.63) is 77.4 Å². The zero-order valence-corrected chi connectivity index (χ0v) is 13.6. The van der Waals surface area contributed by atoms with Crippen molar-refractivity contribution in [2.75, 3.05) is 0 Å². The van der Waals surface area contributed by atoms with Crippen LogP contribution in [-0.4, -0.2) is 10.9 Å². The maximum Gasteiger partial charge on any atom is 0.132 e. The first kappa shape index (κ1) is 17.2. The average molecular weight is 308 g/mol. The van der Waals surface area contributed by atoms with Crippen LogP contribution in [0, 0.1) is 0 Å². The summed E-state index contributed by atoms with van der Waals surface area (Å²) >= 11 is 0. The molecule has 0 aliphatic heterocycles. The summed E-state index contributed by atoms with van der Waals surface area (Å²) in [4.78, 5) is 11.6. The summed E-state index contributed by atoms with van der Waals surface area (Å²) in [5.41, 5.74) is 3.12. The Balaban J connectivity index is 2.12. The van der Waals surface area contributed by atoms with Crippen LogP contribution in [0.2, 0.25) is 0 Å². The molecule has 2 rings (SSSR count). The number of hydrogen-bond donors (Lipinski definition) is 1. The van der Waals surface area contributed by atoms with Crippen LogP contribution in [0.15, 0.2) is 66.2 Å². The molecular weight excluding hydrogens is 284 g/mol. The minimum atomic E-state index is -0.539. The number of aliphatic hydroxyl groups excluding tert-OH is 1. The van der Waals surface area contributed by atoms with E-state index >= 15 is 0 Å². The van der Waals surface area contributed by atoms with Gasteiger partial charge in [-0.2, -0.15) is 0 Å². The van der Waals surface area contributed by atoms with Gasteiger partial charge in [-0.15, -0.1) is 0 Å². The normalized spacial score (nSPS) is 12.9. The van der Waals surface area contributed by atoms with Gasteiger partial charge in [-0.05, 0) is 24.0 Å². The molecule has 2 heteroatoms.